The van der Waals surface area contributed by atoms with Gasteiger partial charge >= 0.3 is 0 Å². The zero-order chi connectivity index (χ0) is 12.8. The molecule has 18 heavy (non-hydrogen) atoms. The van der Waals surface area contributed by atoms with Crippen molar-refractivity contribution >= 4 is 6.29 Å². The standard InChI is InChI=1S/C15H27NO2/c1-2-16(11-14-7-6-10-18-14)12-15(13-17)8-4-3-5-9-15/h13-14H,2-12H2,1H3. The lowest BCUT2D eigenvalue weighted by molar-refractivity contribution is -0.119. The molecule has 2 rings (SSSR count). The van der Waals surface area contributed by atoms with Crippen LogP contribution in [0.5, 0.6) is 0 Å². The molecule has 0 N–H and O–H groups in total. The Morgan fingerprint density at radius 1 is 1.28 bits per heavy atom. The molecule has 0 aromatic heterocycles. The third-order valence-electron chi connectivity index (χ3n) is 4.57. The predicted molar refractivity (Wildman–Crippen MR) is 72.7 cm³/mol. The summed E-state index contributed by atoms with van der Waals surface area (Å²) in [6.07, 6.45) is 9.92. The summed E-state index contributed by atoms with van der Waals surface area (Å²) in [5.41, 5.74) is -0.0626. The van der Waals surface area contributed by atoms with Gasteiger partial charge in [-0.25, -0.2) is 0 Å². The van der Waals surface area contributed by atoms with Crippen LogP contribution in [0.2, 0.25) is 0 Å². The summed E-state index contributed by atoms with van der Waals surface area (Å²) in [7, 11) is 0. The Bertz CT molecular complexity index is 255. The molecule has 104 valence electrons. The summed E-state index contributed by atoms with van der Waals surface area (Å²) >= 11 is 0. The van der Waals surface area contributed by atoms with E-state index in [9.17, 15) is 4.79 Å². The topological polar surface area (TPSA) is 29.5 Å². The van der Waals surface area contributed by atoms with Crippen molar-refractivity contribution in [3.05, 3.63) is 0 Å². The van der Waals surface area contributed by atoms with Gasteiger partial charge in [-0.05, 0) is 32.2 Å². The lowest BCUT2D eigenvalue weighted by atomic mass is 9.75. The summed E-state index contributed by atoms with van der Waals surface area (Å²) in [4.78, 5) is 13.9. The van der Waals surface area contributed by atoms with E-state index in [1.54, 1.807) is 0 Å². The van der Waals surface area contributed by atoms with Crippen LogP contribution < -0.4 is 0 Å². The lowest BCUT2D eigenvalue weighted by Gasteiger charge is -2.37. The summed E-state index contributed by atoms with van der Waals surface area (Å²) in [5, 5.41) is 0. The number of nitrogens with zero attached hydrogens (tertiary/aromatic N) is 1. The first-order valence-electron chi connectivity index (χ1n) is 7.58. The van der Waals surface area contributed by atoms with E-state index < -0.39 is 0 Å². The van der Waals surface area contributed by atoms with Crippen LogP contribution in [0.15, 0.2) is 0 Å². The minimum absolute atomic E-state index is 0.0626. The Labute approximate surface area is 111 Å². The lowest BCUT2D eigenvalue weighted by Crippen LogP contribution is -2.43. The molecule has 1 aliphatic heterocycles. The van der Waals surface area contributed by atoms with Gasteiger partial charge < -0.3 is 14.4 Å². The molecule has 1 atom stereocenters. The zero-order valence-electron chi connectivity index (χ0n) is 11.7. The van der Waals surface area contributed by atoms with Crippen molar-refractivity contribution in [2.75, 3.05) is 26.2 Å². The van der Waals surface area contributed by atoms with Crippen LogP contribution in [0.3, 0.4) is 0 Å². The van der Waals surface area contributed by atoms with Gasteiger partial charge in [-0.1, -0.05) is 26.2 Å². The number of ether oxygens (including phenoxy) is 1. The fraction of sp³-hybridized carbons (Fsp3) is 0.933. The van der Waals surface area contributed by atoms with Gasteiger partial charge in [-0.2, -0.15) is 0 Å². The smallest absolute Gasteiger partial charge is 0.127 e. The molecular weight excluding hydrogens is 226 g/mol. The van der Waals surface area contributed by atoms with Gasteiger partial charge in [-0.15, -0.1) is 0 Å². The van der Waals surface area contributed by atoms with Crippen molar-refractivity contribution in [2.45, 2.75) is 58.0 Å². The highest BCUT2D eigenvalue weighted by Gasteiger charge is 2.34. The van der Waals surface area contributed by atoms with Crippen molar-refractivity contribution in [3.8, 4) is 0 Å². The average molecular weight is 253 g/mol. The third kappa shape index (κ3) is 3.55. The van der Waals surface area contributed by atoms with Crippen LogP contribution >= 0.6 is 0 Å². The minimum Gasteiger partial charge on any atom is -0.377 e. The largest absolute Gasteiger partial charge is 0.377 e. The molecule has 1 aliphatic carbocycles. The van der Waals surface area contributed by atoms with Crippen molar-refractivity contribution in [1.82, 2.24) is 4.90 Å². The number of likely N-dealkylation sites (N-methyl/N-ethyl adjacent to an activating group) is 1. The second-order valence-electron chi connectivity index (χ2n) is 6.00. The van der Waals surface area contributed by atoms with Crippen molar-refractivity contribution in [2.24, 2.45) is 5.41 Å². The summed E-state index contributed by atoms with van der Waals surface area (Å²) < 4.78 is 5.71. The molecule has 0 bridgehead atoms. The van der Waals surface area contributed by atoms with E-state index >= 15 is 0 Å². The van der Waals surface area contributed by atoms with E-state index in [1.165, 1.54) is 38.4 Å². The van der Waals surface area contributed by atoms with Crippen LogP contribution in [-0.4, -0.2) is 43.5 Å². The third-order valence-corrected chi connectivity index (χ3v) is 4.57. The maximum absolute atomic E-state index is 11.5. The van der Waals surface area contributed by atoms with Gasteiger partial charge in [0, 0.05) is 25.1 Å². The predicted octanol–water partition coefficient (Wildman–Crippen LogP) is 2.64. The Kier molecular flexibility index (Phi) is 5.19. The van der Waals surface area contributed by atoms with E-state index in [0.29, 0.717) is 6.10 Å². The number of carbonyl (C=O) groups is 1. The second-order valence-corrected chi connectivity index (χ2v) is 6.00. The molecule has 0 radical (unpaired) electrons. The summed E-state index contributed by atoms with van der Waals surface area (Å²) in [6.45, 7) is 6.08. The van der Waals surface area contributed by atoms with E-state index in [2.05, 4.69) is 11.8 Å². The number of rotatable bonds is 6. The second kappa shape index (κ2) is 6.67. The average Bonchev–Trinajstić information content (AvgIpc) is 2.92. The number of carbonyl (C=O) groups excluding carboxylic acids is 1. The monoisotopic (exact) mass is 253 g/mol. The van der Waals surface area contributed by atoms with Gasteiger partial charge in [0.15, 0.2) is 0 Å². The molecular formula is C15H27NO2. The van der Waals surface area contributed by atoms with Gasteiger partial charge in [0.25, 0.3) is 0 Å². The number of hydrogen-bond donors (Lipinski definition) is 0. The molecule has 3 nitrogen and oxygen atoms in total. The maximum atomic E-state index is 11.5. The molecule has 3 heteroatoms. The molecule has 0 aromatic rings. The van der Waals surface area contributed by atoms with Crippen LogP contribution in [0.4, 0.5) is 0 Å². The SMILES string of the molecule is CCN(CC1CCCO1)CC1(C=O)CCCCC1. The highest BCUT2D eigenvalue weighted by Crippen LogP contribution is 2.35. The summed E-state index contributed by atoms with van der Waals surface area (Å²) in [6, 6.07) is 0. The van der Waals surface area contributed by atoms with Crippen molar-refractivity contribution in [1.29, 1.82) is 0 Å². The first-order chi connectivity index (χ1) is 8.78. The van der Waals surface area contributed by atoms with E-state index in [0.717, 1.165) is 39.1 Å². The molecule has 0 spiro atoms. The van der Waals surface area contributed by atoms with Crippen molar-refractivity contribution in [3.63, 3.8) is 0 Å². The Hall–Kier alpha value is -0.410. The van der Waals surface area contributed by atoms with Crippen LogP contribution in [0.1, 0.15) is 51.9 Å². The summed E-state index contributed by atoms with van der Waals surface area (Å²) in [5.74, 6) is 0. The van der Waals surface area contributed by atoms with Gasteiger partial charge in [-0.3, -0.25) is 0 Å². The molecule has 0 aromatic carbocycles. The fourth-order valence-electron chi connectivity index (χ4n) is 3.40. The van der Waals surface area contributed by atoms with Crippen LogP contribution in [-0.2, 0) is 9.53 Å². The molecule has 2 aliphatic rings. The van der Waals surface area contributed by atoms with Gasteiger partial charge in [0.05, 0.1) is 6.10 Å². The first kappa shape index (κ1) is 14.0. The molecule has 1 saturated heterocycles. The van der Waals surface area contributed by atoms with E-state index in [-0.39, 0.29) is 5.41 Å². The highest BCUT2D eigenvalue weighted by atomic mass is 16.5. The Balaban J connectivity index is 1.88. The molecule has 1 saturated carbocycles. The quantitative estimate of drug-likeness (QED) is 0.682. The van der Waals surface area contributed by atoms with Gasteiger partial charge in [0.2, 0.25) is 0 Å². The molecule has 1 heterocycles. The normalized spacial score (nSPS) is 27.6. The van der Waals surface area contributed by atoms with E-state index in [1.807, 2.05) is 0 Å². The first-order valence-corrected chi connectivity index (χ1v) is 7.58. The molecule has 2 fully saturated rings. The number of hydrogen-bond acceptors (Lipinski definition) is 3. The highest BCUT2D eigenvalue weighted by molar-refractivity contribution is 5.60. The minimum atomic E-state index is -0.0626. The maximum Gasteiger partial charge on any atom is 0.127 e. The Morgan fingerprint density at radius 2 is 2.06 bits per heavy atom. The molecule has 1 unspecified atom stereocenters. The van der Waals surface area contributed by atoms with E-state index in [4.69, 9.17) is 4.74 Å². The zero-order valence-corrected chi connectivity index (χ0v) is 11.7. The van der Waals surface area contributed by atoms with Crippen LogP contribution in [0.25, 0.3) is 0 Å². The van der Waals surface area contributed by atoms with Gasteiger partial charge in [0.1, 0.15) is 6.29 Å². The van der Waals surface area contributed by atoms with Crippen molar-refractivity contribution < 1.29 is 9.53 Å². The fourth-order valence-corrected chi connectivity index (χ4v) is 3.40. The van der Waals surface area contributed by atoms with Crippen LogP contribution in [0, 0.1) is 5.41 Å². The Morgan fingerprint density at radius 3 is 2.61 bits per heavy atom. The molecule has 0 amide bonds. The number of aldehydes is 1.